The first-order valence-electron chi connectivity index (χ1n) is 4.91. The largest absolute Gasteiger partial charge is 0.433 e. The summed E-state index contributed by atoms with van der Waals surface area (Å²) in [6.45, 7) is 0. The molecule has 1 heterocycles. The highest BCUT2D eigenvalue weighted by Crippen LogP contribution is 2.32. The molecule has 2 aromatic rings. The van der Waals surface area contributed by atoms with E-state index in [1.807, 2.05) is 0 Å². The smallest absolute Gasteiger partial charge is 0.240 e. The molecule has 98 valence electrons. The Bertz CT molecular complexity index is 629. The number of nitrogens with zero attached hydrogens (tertiary/aromatic N) is 2. The topological polar surface area (TPSA) is 78.1 Å². The van der Waals surface area contributed by atoms with E-state index in [4.69, 9.17) is 22.1 Å². The number of anilines is 1. The van der Waals surface area contributed by atoms with Crippen molar-refractivity contribution < 1.29 is 18.3 Å². The van der Waals surface area contributed by atoms with Crippen LogP contribution < -0.4 is 10.5 Å². The first kappa shape index (κ1) is 13.2. The fraction of sp³-hybridized carbons (Fsp3) is 0. The molecule has 0 saturated carbocycles. The maximum Gasteiger partial charge on any atom is 0.240 e. The van der Waals surface area contributed by atoms with Gasteiger partial charge >= 0.3 is 0 Å². The van der Waals surface area contributed by atoms with E-state index >= 15 is 0 Å². The average molecular weight is 286 g/mol. The van der Waals surface area contributed by atoms with E-state index < -0.39 is 17.4 Å². The number of aldehydes is 1. The van der Waals surface area contributed by atoms with Gasteiger partial charge in [-0.1, -0.05) is 11.6 Å². The molecule has 0 aliphatic heterocycles. The number of nitrogen functional groups attached to an aromatic ring is 1. The van der Waals surface area contributed by atoms with Crippen LogP contribution in [-0.2, 0) is 0 Å². The Kier molecular flexibility index (Phi) is 3.57. The van der Waals surface area contributed by atoms with Gasteiger partial charge in [0.05, 0.1) is 11.2 Å². The number of rotatable bonds is 3. The summed E-state index contributed by atoms with van der Waals surface area (Å²) >= 11 is 5.64. The molecule has 2 rings (SSSR count). The summed E-state index contributed by atoms with van der Waals surface area (Å²) in [5.74, 6) is -2.58. The van der Waals surface area contributed by atoms with Crippen molar-refractivity contribution in [1.82, 2.24) is 9.97 Å². The molecule has 0 fully saturated rings. The number of hydrogen-bond donors (Lipinski definition) is 1. The SMILES string of the molecule is Nc1nc(Oc2c(F)cc(F)cc2Cl)cnc1C=O. The zero-order chi connectivity index (χ0) is 14.0. The van der Waals surface area contributed by atoms with Crippen molar-refractivity contribution >= 4 is 23.7 Å². The molecule has 0 saturated heterocycles. The number of carbonyl (C=O) groups is 1. The lowest BCUT2D eigenvalue weighted by molar-refractivity contribution is 0.111. The van der Waals surface area contributed by atoms with Crippen LogP contribution in [0.3, 0.4) is 0 Å². The Morgan fingerprint density at radius 2 is 2.11 bits per heavy atom. The Morgan fingerprint density at radius 3 is 2.68 bits per heavy atom. The molecule has 2 N–H and O–H groups in total. The Morgan fingerprint density at radius 1 is 1.37 bits per heavy atom. The number of nitrogens with two attached hydrogens (primary N) is 1. The zero-order valence-electron chi connectivity index (χ0n) is 9.23. The third kappa shape index (κ3) is 2.76. The molecule has 8 heteroatoms. The maximum absolute atomic E-state index is 13.5. The molecule has 5 nitrogen and oxygen atoms in total. The molecule has 19 heavy (non-hydrogen) atoms. The van der Waals surface area contributed by atoms with Crippen LogP contribution in [0, 0.1) is 11.6 Å². The van der Waals surface area contributed by atoms with Gasteiger partial charge in [0, 0.05) is 6.07 Å². The molecule has 0 aliphatic rings. The van der Waals surface area contributed by atoms with Gasteiger partial charge in [-0.3, -0.25) is 4.79 Å². The number of halogens is 3. The van der Waals surface area contributed by atoms with Crippen molar-refractivity contribution in [2.24, 2.45) is 0 Å². The number of ether oxygens (including phenoxy) is 1. The van der Waals surface area contributed by atoms with Crippen LogP contribution in [-0.4, -0.2) is 16.3 Å². The van der Waals surface area contributed by atoms with Crippen molar-refractivity contribution in [3.63, 3.8) is 0 Å². The molecule has 0 aliphatic carbocycles. The first-order chi connectivity index (χ1) is 9.01. The van der Waals surface area contributed by atoms with Gasteiger partial charge in [0.1, 0.15) is 11.5 Å². The van der Waals surface area contributed by atoms with Gasteiger partial charge in [-0.15, -0.1) is 0 Å². The summed E-state index contributed by atoms with van der Waals surface area (Å²) in [6.07, 6.45) is 1.48. The van der Waals surface area contributed by atoms with E-state index in [0.29, 0.717) is 12.4 Å². The van der Waals surface area contributed by atoms with Crippen LogP contribution in [0.5, 0.6) is 11.6 Å². The lowest BCUT2D eigenvalue weighted by atomic mass is 10.3. The highest BCUT2D eigenvalue weighted by molar-refractivity contribution is 6.32. The minimum Gasteiger partial charge on any atom is -0.433 e. The minimum absolute atomic E-state index is 0.0713. The molecule has 0 radical (unpaired) electrons. The summed E-state index contributed by atoms with van der Waals surface area (Å²) in [6, 6.07) is 1.49. The highest BCUT2D eigenvalue weighted by Gasteiger charge is 2.14. The van der Waals surface area contributed by atoms with E-state index in [1.54, 1.807) is 0 Å². The molecule has 1 aromatic heterocycles. The zero-order valence-corrected chi connectivity index (χ0v) is 9.99. The van der Waals surface area contributed by atoms with E-state index in [1.165, 1.54) is 0 Å². The second-order valence-electron chi connectivity index (χ2n) is 3.40. The molecule has 0 unspecified atom stereocenters. The standard InChI is InChI=1S/C11H6ClF2N3O2/c12-6-1-5(13)2-7(14)10(6)19-9-3-16-8(4-18)11(15)17-9/h1-4H,(H2,15,17). The van der Waals surface area contributed by atoms with Crippen LogP contribution in [0.15, 0.2) is 18.3 Å². The molecule has 0 amide bonds. The monoisotopic (exact) mass is 285 g/mol. The Hall–Kier alpha value is -2.28. The van der Waals surface area contributed by atoms with Gasteiger partial charge in [0.2, 0.25) is 5.88 Å². The van der Waals surface area contributed by atoms with Crippen LogP contribution >= 0.6 is 11.6 Å². The molecular formula is C11H6ClF2N3O2. The number of hydrogen-bond acceptors (Lipinski definition) is 5. The van der Waals surface area contributed by atoms with E-state index in [9.17, 15) is 13.6 Å². The molecule has 0 spiro atoms. The summed E-state index contributed by atoms with van der Waals surface area (Å²) in [4.78, 5) is 17.8. The quantitative estimate of drug-likeness (QED) is 0.877. The fourth-order valence-electron chi connectivity index (χ4n) is 1.27. The number of carbonyl (C=O) groups excluding carboxylic acids is 1. The van der Waals surface area contributed by atoms with Crippen molar-refractivity contribution in [2.75, 3.05) is 5.73 Å². The third-order valence-corrected chi connectivity index (χ3v) is 2.37. The second kappa shape index (κ2) is 5.15. The average Bonchev–Trinajstić information content (AvgIpc) is 2.34. The van der Waals surface area contributed by atoms with Crippen LogP contribution in [0.4, 0.5) is 14.6 Å². The van der Waals surface area contributed by atoms with Crippen molar-refractivity contribution in [3.8, 4) is 11.6 Å². The van der Waals surface area contributed by atoms with Crippen molar-refractivity contribution in [1.29, 1.82) is 0 Å². The molecule has 0 bridgehead atoms. The van der Waals surface area contributed by atoms with Crippen molar-refractivity contribution in [3.05, 3.63) is 40.7 Å². The summed E-state index contributed by atoms with van der Waals surface area (Å²) in [5.41, 5.74) is 5.34. The summed E-state index contributed by atoms with van der Waals surface area (Å²) in [5, 5.41) is -0.266. The lowest BCUT2D eigenvalue weighted by Crippen LogP contribution is -2.02. The third-order valence-electron chi connectivity index (χ3n) is 2.09. The van der Waals surface area contributed by atoms with Gasteiger partial charge < -0.3 is 10.5 Å². The molecule has 0 atom stereocenters. The van der Waals surface area contributed by atoms with Gasteiger partial charge in [-0.05, 0) is 6.07 Å². The maximum atomic E-state index is 13.5. The minimum atomic E-state index is -0.996. The second-order valence-corrected chi connectivity index (χ2v) is 3.80. The molecular weight excluding hydrogens is 280 g/mol. The Labute approximate surface area is 111 Å². The number of aromatic nitrogens is 2. The normalized spacial score (nSPS) is 10.3. The Balaban J connectivity index is 2.36. The van der Waals surface area contributed by atoms with Gasteiger partial charge in [-0.25, -0.2) is 13.8 Å². The van der Waals surface area contributed by atoms with E-state index in [-0.39, 0.29) is 22.4 Å². The number of benzene rings is 1. The highest BCUT2D eigenvalue weighted by atomic mass is 35.5. The van der Waals surface area contributed by atoms with E-state index in [0.717, 1.165) is 12.3 Å². The van der Waals surface area contributed by atoms with Gasteiger partial charge in [0.15, 0.2) is 23.7 Å². The van der Waals surface area contributed by atoms with Crippen molar-refractivity contribution in [2.45, 2.75) is 0 Å². The summed E-state index contributed by atoms with van der Waals surface area (Å²) < 4.78 is 31.3. The predicted octanol–water partition coefficient (Wildman–Crippen LogP) is 2.60. The van der Waals surface area contributed by atoms with Gasteiger partial charge in [0.25, 0.3) is 0 Å². The van der Waals surface area contributed by atoms with Crippen LogP contribution in [0.25, 0.3) is 0 Å². The summed E-state index contributed by atoms with van der Waals surface area (Å²) in [7, 11) is 0. The van der Waals surface area contributed by atoms with Gasteiger partial charge in [-0.2, -0.15) is 4.98 Å². The first-order valence-corrected chi connectivity index (χ1v) is 5.29. The van der Waals surface area contributed by atoms with E-state index in [2.05, 4.69) is 9.97 Å². The predicted molar refractivity (Wildman–Crippen MR) is 63.3 cm³/mol. The molecule has 1 aromatic carbocycles. The fourth-order valence-corrected chi connectivity index (χ4v) is 1.50. The lowest BCUT2D eigenvalue weighted by Gasteiger charge is -2.08. The van der Waals surface area contributed by atoms with Crippen LogP contribution in [0.2, 0.25) is 5.02 Å². The van der Waals surface area contributed by atoms with Crippen LogP contribution in [0.1, 0.15) is 10.5 Å².